The molecule has 1 saturated carbocycles. The Hall–Kier alpha value is -10.7. The number of oxime groups is 1. The summed E-state index contributed by atoms with van der Waals surface area (Å²) in [6.45, 7) is 26.5. The van der Waals surface area contributed by atoms with E-state index >= 15 is 0 Å². The van der Waals surface area contributed by atoms with Crippen molar-refractivity contribution in [2.45, 2.75) is 218 Å². The van der Waals surface area contributed by atoms with Crippen molar-refractivity contribution in [2.24, 2.45) is 40.5 Å². The number of rotatable bonds is 41. The fourth-order valence-electron chi connectivity index (χ4n) is 18.9. The van der Waals surface area contributed by atoms with Gasteiger partial charge in [0.1, 0.15) is 47.7 Å². The number of esters is 1. The van der Waals surface area contributed by atoms with Gasteiger partial charge in [-0.15, -0.1) is 0 Å². The van der Waals surface area contributed by atoms with Crippen LogP contribution in [0.3, 0.4) is 0 Å². The molecule has 7 aromatic rings. The number of nitrogens with zero attached hydrogens (tertiary/aromatic N) is 16. The van der Waals surface area contributed by atoms with Crippen LogP contribution in [0.15, 0.2) is 125 Å². The number of fused-ring (bicyclic) bond motifs is 3. The maximum atomic E-state index is 14.7. The first-order valence-corrected chi connectivity index (χ1v) is 46.7. The van der Waals surface area contributed by atoms with Gasteiger partial charge in [0.05, 0.1) is 66.9 Å². The van der Waals surface area contributed by atoms with Gasteiger partial charge in [0.25, 0.3) is 29.5 Å². The third-order valence-corrected chi connectivity index (χ3v) is 26.9. The van der Waals surface area contributed by atoms with E-state index in [0.29, 0.717) is 160 Å². The Morgan fingerprint density at radius 3 is 2.17 bits per heavy atom. The first-order valence-electron chi connectivity index (χ1n) is 46.7. The molecule has 13 rings (SSSR count). The van der Waals surface area contributed by atoms with Crippen molar-refractivity contribution in [3.8, 4) is 11.3 Å². The van der Waals surface area contributed by atoms with E-state index in [-0.39, 0.29) is 61.0 Å². The van der Waals surface area contributed by atoms with Crippen LogP contribution in [-0.2, 0) is 73.8 Å². The molecule has 4 saturated heterocycles. The molecule has 0 bridgehead atoms. The Morgan fingerprint density at radius 2 is 1.48 bits per heavy atom. The van der Waals surface area contributed by atoms with Crippen molar-refractivity contribution in [3.63, 3.8) is 0 Å². The number of ether oxygens (including phenoxy) is 5. The number of aliphatic hydroxyl groups is 5. The monoisotopic (exact) mass is 1840 g/mol. The molecule has 5 aliphatic heterocycles. The van der Waals surface area contributed by atoms with E-state index < -0.39 is 115 Å². The quantitative estimate of drug-likeness (QED) is 0.00367. The fraction of sp³-hybridized carbons (Fsp3) is 0.583. The highest BCUT2D eigenvalue weighted by molar-refractivity contribution is 6.39. The zero-order valence-electron chi connectivity index (χ0n) is 78.0. The van der Waals surface area contributed by atoms with Gasteiger partial charge in [-0.1, -0.05) is 94.9 Å². The smallest absolute Gasteiger partial charge is 0.329 e. The van der Waals surface area contributed by atoms with Crippen molar-refractivity contribution in [1.29, 1.82) is 0 Å². The van der Waals surface area contributed by atoms with Crippen LogP contribution in [-0.4, -0.2) is 304 Å². The van der Waals surface area contributed by atoms with Gasteiger partial charge in [-0.3, -0.25) is 29.0 Å². The number of anilines is 4. The number of ketones is 1. The number of Topliss-reactive ketones (excluding diaryl/α,β-unsaturated/α-hetero) is 1. The van der Waals surface area contributed by atoms with Crippen LogP contribution in [0.2, 0.25) is 0 Å². The van der Waals surface area contributed by atoms with Gasteiger partial charge >= 0.3 is 5.97 Å². The van der Waals surface area contributed by atoms with E-state index in [1.165, 1.54) is 19.0 Å². The molecule has 5 fully saturated rings. The topological polar surface area (TPSA) is 485 Å². The highest BCUT2D eigenvalue weighted by atomic mass is 16.6. The molecule has 3 amide bonds. The largest absolute Gasteiger partial charge is 0.459 e. The first-order chi connectivity index (χ1) is 63.9. The number of hydrogen-bond acceptors (Lipinski definition) is 33. The summed E-state index contributed by atoms with van der Waals surface area (Å²) in [5, 5.41) is 71.3. The fourth-order valence-corrected chi connectivity index (χ4v) is 18.9. The molecule has 37 heteroatoms. The van der Waals surface area contributed by atoms with E-state index in [4.69, 9.17) is 55.2 Å². The average molecular weight is 1840 g/mol. The normalized spacial score (nSPS) is 22.9. The second-order valence-corrected chi connectivity index (χ2v) is 36.9. The molecular formula is C96H134N20O17. The van der Waals surface area contributed by atoms with Crippen molar-refractivity contribution in [1.82, 2.24) is 69.6 Å². The minimum Gasteiger partial charge on any atom is -0.459 e. The number of nitrogen functional groups attached to an aromatic ring is 2. The van der Waals surface area contributed by atoms with Gasteiger partial charge in [0, 0.05) is 178 Å². The van der Waals surface area contributed by atoms with Gasteiger partial charge in [-0.2, -0.15) is 10.1 Å². The minimum absolute atomic E-state index is 0.0239. The number of hydrogen-bond donors (Lipinski definition) is 9. The predicted octanol–water partition coefficient (Wildman–Crippen LogP) is 6.67. The number of carbonyl (C=O) groups excluding carboxylic acids is 5. The number of oxazole rings is 1. The average Bonchev–Trinajstić information content (AvgIpc) is 1.33. The summed E-state index contributed by atoms with van der Waals surface area (Å²) < 4.78 is 37.3. The number of likely N-dealkylation sites (tertiary alicyclic amines) is 1. The van der Waals surface area contributed by atoms with Gasteiger partial charge < -0.3 is 101 Å². The molecule has 0 spiro atoms. The standard InChI is InChI=1S/C96H134N20O17/c1-11-12-13-16-59(4)78(127-9)47-71-23-18-63(8)96(126,133-71)87(122)91(124)115-27-15-14-17-74(115)92(125)131-79(72(97)44-64-20-24-75(117)80(45-64)128-10)48-76(118)60(5)42-62(7)85(120)86(121)83(61(6)41-58(2)3)109-130-56-81(119)100-49-66-50-101-94(102-51-66)112-33-29-110(30-34-112)37-39-129-40-38-111-31-35-113(36-32-111)95-103-52-70(53-104-95)90(123)114-28-26-67-43-65(19-21-69(67)55-114)54-116-89-82(88(98)105-57-106-89)84(108-116)68-22-25-77-73(46-68)107-93(99)132-77/h11-13,16,19,21-22,25,42-43,46,50-53,57-58,60-61,63-64,71-72,74-76,78-80,85-86,117-118,120-121,126H,1,14-15,17-18,20,23-24,26-41,44-45,47-49,54-56,97H2,2-10H3,(H2,99,107)(H,100,119)(H2,98,105,106)/b13-12+,59-16+,62-42+,109-83+/t60-,61-,63-,64+,71+,72-,74+,75-,76-,78+,79+,80-,85-,86+,96-/m1/s1. The van der Waals surface area contributed by atoms with Crippen LogP contribution < -0.4 is 32.3 Å². The first kappa shape index (κ1) is 99.8. The SMILES string of the molecule is C=C/C=C/C=C(\C)[C@H](C[C@@H]1CC[C@@H](C)[C@](O)(C(=O)C(=O)N2CCCC[C@H]2C(=O)O[C@@H](C[C@@H](O)[C@H](C)/C=C(\C)[C@@H](O)[C@@H](O)/C(=N/OCC(=O)NCc2cnc(N3CCN(CCOCCN4CCN(c5ncc(C(=O)N6CCc7cc(Cn8nc(-c9ccc%10oc(N)nc%10c9)c9c(N)ncnc98)ccc7C6)cn5)CC4)CC3)nc2)[C@H](C)CC(C)C)[C@H](N)C[C@@H]2CC[C@@H](O)[C@H](OC)C2)O1)OC. The van der Waals surface area contributed by atoms with Crippen molar-refractivity contribution >= 4 is 81.0 Å². The third kappa shape index (κ3) is 25.5. The van der Waals surface area contributed by atoms with Crippen molar-refractivity contribution < 1.29 is 82.4 Å². The van der Waals surface area contributed by atoms with Crippen LogP contribution in [0.1, 0.15) is 158 Å². The second-order valence-electron chi connectivity index (χ2n) is 36.9. The van der Waals surface area contributed by atoms with Crippen LogP contribution in [0.5, 0.6) is 0 Å². The molecule has 2 aromatic carbocycles. The summed E-state index contributed by atoms with van der Waals surface area (Å²) in [5.41, 5.74) is 28.1. The minimum atomic E-state index is -2.49. The molecule has 15 atom stereocenters. The number of carbonyl (C=O) groups is 5. The number of aliphatic hydroxyl groups excluding tert-OH is 4. The lowest BCUT2D eigenvalue weighted by Crippen LogP contribution is -2.61. The van der Waals surface area contributed by atoms with Crippen LogP contribution in [0.4, 0.5) is 23.7 Å². The number of piperidine rings is 1. The van der Waals surface area contributed by atoms with Crippen molar-refractivity contribution in [3.05, 3.63) is 143 Å². The van der Waals surface area contributed by atoms with E-state index in [9.17, 15) is 49.5 Å². The highest BCUT2D eigenvalue weighted by Crippen LogP contribution is 2.39. The number of nitrogens with two attached hydrogens (primary N) is 3. The Balaban J connectivity index is 0.518. The molecule has 0 radical (unpaired) electrons. The molecule has 1 aliphatic carbocycles. The van der Waals surface area contributed by atoms with Crippen LogP contribution in [0.25, 0.3) is 33.4 Å². The van der Waals surface area contributed by atoms with Crippen LogP contribution in [0, 0.1) is 29.6 Å². The Bertz CT molecular complexity index is 5230. The highest BCUT2D eigenvalue weighted by Gasteiger charge is 2.53. The van der Waals surface area contributed by atoms with E-state index in [2.05, 4.69) is 89.7 Å². The van der Waals surface area contributed by atoms with E-state index in [0.717, 1.165) is 92.6 Å². The summed E-state index contributed by atoms with van der Waals surface area (Å²) in [5.74, 6) is -6.50. The van der Waals surface area contributed by atoms with Gasteiger partial charge in [0.15, 0.2) is 17.8 Å². The number of aromatic nitrogens is 9. The van der Waals surface area contributed by atoms with Gasteiger partial charge in [0.2, 0.25) is 17.7 Å². The summed E-state index contributed by atoms with van der Waals surface area (Å²) in [4.78, 5) is 120. The molecule has 37 nitrogen and oxygen atoms in total. The van der Waals surface area contributed by atoms with E-state index in [1.807, 2.05) is 61.6 Å². The zero-order chi connectivity index (χ0) is 94.7. The third-order valence-electron chi connectivity index (χ3n) is 26.9. The lowest BCUT2D eigenvalue weighted by molar-refractivity contribution is -0.265. The maximum absolute atomic E-state index is 14.7. The number of piperazine rings is 2. The zero-order valence-corrected chi connectivity index (χ0v) is 78.0. The van der Waals surface area contributed by atoms with Gasteiger partial charge in [-0.25, -0.2) is 39.4 Å². The maximum Gasteiger partial charge on any atom is 0.329 e. The molecular weight excluding hydrogens is 1710 g/mol. The molecule has 0 unspecified atom stereocenters. The Morgan fingerprint density at radius 1 is 0.774 bits per heavy atom. The second kappa shape index (κ2) is 46.5. The van der Waals surface area contributed by atoms with Crippen LogP contribution >= 0.6 is 0 Å². The van der Waals surface area contributed by atoms with Gasteiger partial charge in [-0.05, 0) is 142 Å². The predicted molar refractivity (Wildman–Crippen MR) is 500 cm³/mol. The summed E-state index contributed by atoms with van der Waals surface area (Å²) >= 11 is 0. The molecule has 10 heterocycles. The molecule has 5 aromatic heterocycles. The summed E-state index contributed by atoms with van der Waals surface area (Å²) in [6, 6.07) is 9.84. The number of methoxy groups -OCH3 is 2. The Labute approximate surface area is 776 Å². The van der Waals surface area contributed by atoms with E-state index in [1.54, 1.807) is 77.0 Å². The summed E-state index contributed by atoms with van der Waals surface area (Å²) in [7, 11) is 3.10. The summed E-state index contributed by atoms with van der Waals surface area (Å²) in [6.07, 6.45) is 14.4. The number of amides is 3. The molecule has 6 aliphatic rings. The molecule has 720 valence electrons. The lowest BCUT2D eigenvalue weighted by Gasteiger charge is -2.42. The lowest BCUT2D eigenvalue weighted by atomic mass is 9.80. The number of allylic oxidation sites excluding steroid dienone is 4. The van der Waals surface area contributed by atoms with Crippen molar-refractivity contribution in [2.75, 3.05) is 134 Å². The molecule has 133 heavy (non-hydrogen) atoms. The number of nitrogens with one attached hydrogen (secondary N) is 1. The number of benzene rings is 2. The Kier molecular flexibility index (Phi) is 34.9. The molecule has 12 N–H and O–H groups in total.